The molecular formula is C15H23N3O4S. The molecule has 0 saturated carbocycles. The van der Waals surface area contributed by atoms with Gasteiger partial charge in [0.2, 0.25) is 10.0 Å². The van der Waals surface area contributed by atoms with Gasteiger partial charge in [-0.2, -0.15) is 4.31 Å². The van der Waals surface area contributed by atoms with Crippen LogP contribution in [0.4, 0.5) is 10.5 Å². The van der Waals surface area contributed by atoms with E-state index in [9.17, 15) is 13.2 Å². The van der Waals surface area contributed by atoms with Gasteiger partial charge in [-0.05, 0) is 18.1 Å². The van der Waals surface area contributed by atoms with Crippen LogP contribution in [0.2, 0.25) is 0 Å². The van der Waals surface area contributed by atoms with Crippen molar-refractivity contribution in [1.29, 1.82) is 0 Å². The first kappa shape index (κ1) is 17.7. The molecule has 0 aromatic heterocycles. The van der Waals surface area contributed by atoms with E-state index in [1.165, 1.54) is 10.4 Å². The Kier molecular flexibility index (Phi) is 5.97. The molecule has 8 heteroatoms. The molecule has 0 aliphatic carbocycles. The van der Waals surface area contributed by atoms with Gasteiger partial charge in [0.15, 0.2) is 0 Å². The minimum Gasteiger partial charge on any atom is -0.379 e. The zero-order chi connectivity index (χ0) is 16.9. The third-order valence-corrected chi connectivity index (χ3v) is 5.35. The number of benzene rings is 1. The number of morpholine rings is 1. The van der Waals surface area contributed by atoms with Crippen molar-refractivity contribution in [3.05, 3.63) is 24.3 Å². The highest BCUT2D eigenvalue weighted by atomic mass is 32.2. The van der Waals surface area contributed by atoms with Gasteiger partial charge in [-0.3, -0.25) is 0 Å². The predicted molar refractivity (Wildman–Crippen MR) is 87.9 cm³/mol. The lowest BCUT2D eigenvalue weighted by molar-refractivity contribution is 0.0730. The molecule has 23 heavy (non-hydrogen) atoms. The molecule has 0 radical (unpaired) electrons. The fraction of sp³-hybridized carbons (Fsp3) is 0.533. The number of nitrogens with zero attached hydrogens (tertiary/aromatic N) is 1. The number of para-hydroxylation sites is 1. The summed E-state index contributed by atoms with van der Waals surface area (Å²) < 4.78 is 32.1. The number of hydrogen-bond acceptors (Lipinski definition) is 4. The maximum Gasteiger partial charge on any atom is 0.319 e. The van der Waals surface area contributed by atoms with Crippen LogP contribution >= 0.6 is 0 Å². The Labute approximate surface area is 137 Å². The molecular weight excluding hydrogens is 318 g/mol. The number of rotatable bonds is 5. The molecule has 1 heterocycles. The van der Waals surface area contributed by atoms with Crippen molar-refractivity contribution in [1.82, 2.24) is 9.62 Å². The second-order valence-corrected chi connectivity index (χ2v) is 7.65. The predicted octanol–water partition coefficient (Wildman–Crippen LogP) is 1.48. The summed E-state index contributed by atoms with van der Waals surface area (Å²) in [5.41, 5.74) is 0.278. The van der Waals surface area contributed by atoms with Gasteiger partial charge in [0.05, 0.1) is 18.9 Å². The van der Waals surface area contributed by atoms with E-state index in [0.29, 0.717) is 38.8 Å². The largest absolute Gasteiger partial charge is 0.379 e. The van der Waals surface area contributed by atoms with Gasteiger partial charge >= 0.3 is 6.03 Å². The molecule has 0 bridgehead atoms. The van der Waals surface area contributed by atoms with E-state index in [0.717, 1.165) is 0 Å². The highest BCUT2D eigenvalue weighted by Crippen LogP contribution is 2.25. The lowest BCUT2D eigenvalue weighted by Gasteiger charge is -2.27. The summed E-state index contributed by atoms with van der Waals surface area (Å²) in [5.74, 6) is 0.313. The van der Waals surface area contributed by atoms with Gasteiger partial charge in [-0.25, -0.2) is 13.2 Å². The van der Waals surface area contributed by atoms with E-state index < -0.39 is 16.1 Å². The molecule has 1 fully saturated rings. The van der Waals surface area contributed by atoms with E-state index in [-0.39, 0.29) is 10.6 Å². The maximum absolute atomic E-state index is 12.8. The van der Waals surface area contributed by atoms with Crippen molar-refractivity contribution in [2.45, 2.75) is 18.7 Å². The van der Waals surface area contributed by atoms with Crippen molar-refractivity contribution < 1.29 is 17.9 Å². The Morgan fingerprint density at radius 3 is 2.57 bits per heavy atom. The zero-order valence-electron chi connectivity index (χ0n) is 13.4. The average Bonchev–Trinajstić information content (AvgIpc) is 2.54. The quantitative estimate of drug-likeness (QED) is 0.849. The summed E-state index contributed by atoms with van der Waals surface area (Å²) in [4.78, 5) is 12.0. The van der Waals surface area contributed by atoms with Gasteiger partial charge < -0.3 is 15.4 Å². The van der Waals surface area contributed by atoms with Crippen molar-refractivity contribution in [3.8, 4) is 0 Å². The van der Waals surface area contributed by atoms with Crippen molar-refractivity contribution in [3.63, 3.8) is 0 Å². The molecule has 0 unspecified atom stereocenters. The fourth-order valence-corrected chi connectivity index (χ4v) is 3.74. The number of carbonyl (C=O) groups excluding carboxylic acids is 1. The standard InChI is InChI=1S/C15H23N3O4S/c1-12(2)11-16-15(19)17-13-5-3-4-6-14(13)23(20,21)18-7-9-22-10-8-18/h3-6,12H,7-11H2,1-2H3,(H2,16,17,19). The number of hydrogen-bond donors (Lipinski definition) is 2. The third-order valence-electron chi connectivity index (χ3n) is 3.39. The van der Waals surface area contributed by atoms with Crippen LogP contribution in [-0.4, -0.2) is 51.6 Å². The van der Waals surface area contributed by atoms with Crippen LogP contribution in [0.25, 0.3) is 0 Å². The molecule has 2 amide bonds. The first-order chi connectivity index (χ1) is 10.9. The summed E-state index contributed by atoms with van der Waals surface area (Å²) >= 11 is 0. The van der Waals surface area contributed by atoms with Gasteiger partial charge in [0, 0.05) is 19.6 Å². The smallest absolute Gasteiger partial charge is 0.319 e. The minimum absolute atomic E-state index is 0.0987. The number of anilines is 1. The lowest BCUT2D eigenvalue weighted by atomic mass is 10.2. The zero-order valence-corrected chi connectivity index (χ0v) is 14.2. The van der Waals surface area contributed by atoms with E-state index in [4.69, 9.17) is 4.74 Å². The number of nitrogens with one attached hydrogen (secondary N) is 2. The van der Waals surface area contributed by atoms with E-state index in [2.05, 4.69) is 10.6 Å². The molecule has 1 aliphatic heterocycles. The Balaban J connectivity index is 2.18. The van der Waals surface area contributed by atoms with Gasteiger partial charge in [0.1, 0.15) is 4.90 Å². The Morgan fingerprint density at radius 2 is 1.91 bits per heavy atom. The molecule has 7 nitrogen and oxygen atoms in total. The van der Waals surface area contributed by atoms with E-state index >= 15 is 0 Å². The molecule has 128 valence electrons. The van der Waals surface area contributed by atoms with Crippen LogP contribution in [0.5, 0.6) is 0 Å². The molecule has 0 atom stereocenters. The monoisotopic (exact) mass is 341 g/mol. The highest BCUT2D eigenvalue weighted by molar-refractivity contribution is 7.89. The van der Waals surface area contributed by atoms with E-state index in [1.54, 1.807) is 18.2 Å². The second-order valence-electron chi connectivity index (χ2n) is 5.74. The van der Waals surface area contributed by atoms with Crippen LogP contribution in [0.3, 0.4) is 0 Å². The van der Waals surface area contributed by atoms with Crippen LogP contribution in [0.1, 0.15) is 13.8 Å². The van der Waals surface area contributed by atoms with Crippen molar-refractivity contribution >= 4 is 21.7 Å². The first-order valence-corrected chi connectivity index (χ1v) is 9.07. The van der Waals surface area contributed by atoms with Crippen LogP contribution in [0.15, 0.2) is 29.2 Å². The summed E-state index contributed by atoms with van der Waals surface area (Å²) in [6.07, 6.45) is 0. The topological polar surface area (TPSA) is 87.7 Å². The average molecular weight is 341 g/mol. The number of carbonyl (C=O) groups is 1. The Bertz CT molecular complexity index is 640. The first-order valence-electron chi connectivity index (χ1n) is 7.63. The van der Waals surface area contributed by atoms with Gasteiger partial charge in [-0.1, -0.05) is 26.0 Å². The number of sulfonamides is 1. The second kappa shape index (κ2) is 7.76. The Morgan fingerprint density at radius 1 is 1.26 bits per heavy atom. The molecule has 2 N–H and O–H groups in total. The molecule has 2 rings (SSSR count). The third kappa shape index (κ3) is 4.66. The minimum atomic E-state index is -3.66. The van der Waals surface area contributed by atoms with Crippen LogP contribution in [0, 0.1) is 5.92 Å². The van der Waals surface area contributed by atoms with Crippen molar-refractivity contribution in [2.75, 3.05) is 38.2 Å². The molecule has 1 aliphatic rings. The summed E-state index contributed by atoms with van der Waals surface area (Å²) in [6, 6.07) is 6.01. The van der Waals surface area contributed by atoms with Gasteiger partial charge in [-0.15, -0.1) is 0 Å². The van der Waals surface area contributed by atoms with Crippen LogP contribution in [-0.2, 0) is 14.8 Å². The number of ether oxygens (including phenoxy) is 1. The molecule has 1 saturated heterocycles. The van der Waals surface area contributed by atoms with E-state index in [1.807, 2.05) is 13.8 Å². The van der Waals surface area contributed by atoms with Crippen molar-refractivity contribution in [2.24, 2.45) is 5.92 Å². The highest BCUT2D eigenvalue weighted by Gasteiger charge is 2.28. The number of amides is 2. The number of urea groups is 1. The molecule has 1 aromatic rings. The molecule has 1 aromatic carbocycles. The molecule has 0 spiro atoms. The fourth-order valence-electron chi connectivity index (χ4n) is 2.18. The summed E-state index contributed by atoms with van der Waals surface area (Å²) in [6.45, 7) is 5.87. The lowest BCUT2D eigenvalue weighted by Crippen LogP contribution is -2.41. The summed E-state index contributed by atoms with van der Waals surface area (Å²) in [7, 11) is -3.66. The van der Waals surface area contributed by atoms with Gasteiger partial charge in [0.25, 0.3) is 0 Å². The summed E-state index contributed by atoms with van der Waals surface area (Å²) in [5, 5.41) is 5.33. The Hall–Kier alpha value is -1.64. The van der Waals surface area contributed by atoms with Crippen LogP contribution < -0.4 is 10.6 Å². The maximum atomic E-state index is 12.8. The normalized spacial score (nSPS) is 16.3. The SMILES string of the molecule is CC(C)CNC(=O)Nc1ccccc1S(=O)(=O)N1CCOCC1.